The molecule has 1 aromatic heterocycles. The maximum absolute atomic E-state index is 5.10. The van der Waals surface area contributed by atoms with Gasteiger partial charge in [-0.3, -0.25) is 4.68 Å². The Kier molecular flexibility index (Phi) is 3.72. The summed E-state index contributed by atoms with van der Waals surface area (Å²) in [6, 6.07) is 8.14. The minimum atomic E-state index is 0.626. The third kappa shape index (κ3) is 3.29. The standard InChI is InChI=1S/C12H16N4O/c1-16-8-12(14-15-16)7-13-11-5-3-4-10(6-11)9-17-2/h3-6,8,13H,7,9H2,1-2H3. The van der Waals surface area contributed by atoms with Crippen LogP contribution in [0, 0.1) is 0 Å². The Bertz CT molecular complexity index is 481. The third-order valence-electron chi connectivity index (χ3n) is 2.36. The Morgan fingerprint density at radius 2 is 2.29 bits per heavy atom. The van der Waals surface area contributed by atoms with Crippen molar-refractivity contribution in [2.24, 2.45) is 7.05 Å². The van der Waals surface area contributed by atoms with E-state index >= 15 is 0 Å². The zero-order chi connectivity index (χ0) is 12.1. The van der Waals surface area contributed by atoms with Crippen molar-refractivity contribution in [1.29, 1.82) is 0 Å². The largest absolute Gasteiger partial charge is 0.380 e. The van der Waals surface area contributed by atoms with E-state index in [2.05, 4.69) is 21.7 Å². The molecule has 2 aromatic rings. The Hall–Kier alpha value is -1.88. The molecular weight excluding hydrogens is 216 g/mol. The van der Waals surface area contributed by atoms with Gasteiger partial charge in [0.15, 0.2) is 0 Å². The van der Waals surface area contributed by atoms with Gasteiger partial charge in [0.25, 0.3) is 0 Å². The summed E-state index contributed by atoms with van der Waals surface area (Å²) in [6.07, 6.45) is 1.89. The maximum atomic E-state index is 5.10. The molecule has 0 bridgehead atoms. The topological polar surface area (TPSA) is 52.0 Å². The van der Waals surface area contributed by atoms with E-state index in [9.17, 15) is 0 Å². The first kappa shape index (κ1) is 11.6. The molecular formula is C12H16N4O. The van der Waals surface area contributed by atoms with Gasteiger partial charge in [0.1, 0.15) is 5.69 Å². The number of anilines is 1. The second-order valence-corrected chi connectivity index (χ2v) is 3.87. The van der Waals surface area contributed by atoms with Crippen LogP contribution in [0.3, 0.4) is 0 Å². The second kappa shape index (κ2) is 5.45. The van der Waals surface area contributed by atoms with Crippen molar-refractivity contribution < 1.29 is 4.74 Å². The molecule has 0 fully saturated rings. The number of aryl methyl sites for hydroxylation is 1. The molecule has 0 saturated carbocycles. The van der Waals surface area contributed by atoms with Crippen LogP contribution >= 0.6 is 0 Å². The first-order valence-corrected chi connectivity index (χ1v) is 5.45. The molecule has 5 nitrogen and oxygen atoms in total. The molecule has 0 saturated heterocycles. The van der Waals surface area contributed by atoms with Gasteiger partial charge in [-0.15, -0.1) is 5.10 Å². The van der Waals surface area contributed by atoms with Crippen LogP contribution in [0.2, 0.25) is 0 Å². The zero-order valence-corrected chi connectivity index (χ0v) is 10.1. The Morgan fingerprint density at radius 3 is 3.00 bits per heavy atom. The summed E-state index contributed by atoms with van der Waals surface area (Å²) < 4.78 is 6.79. The smallest absolute Gasteiger partial charge is 0.102 e. The van der Waals surface area contributed by atoms with Crippen LogP contribution in [0.25, 0.3) is 0 Å². The van der Waals surface area contributed by atoms with Crippen LogP contribution in [0.1, 0.15) is 11.3 Å². The fraction of sp³-hybridized carbons (Fsp3) is 0.333. The van der Waals surface area contributed by atoms with Crippen molar-refractivity contribution in [2.75, 3.05) is 12.4 Å². The summed E-state index contributed by atoms with van der Waals surface area (Å²) in [5, 5.41) is 11.2. The highest BCUT2D eigenvalue weighted by atomic mass is 16.5. The Balaban J connectivity index is 1.96. The minimum absolute atomic E-state index is 0.626. The summed E-state index contributed by atoms with van der Waals surface area (Å²) in [5.74, 6) is 0. The van der Waals surface area contributed by atoms with Crippen LogP contribution in [-0.2, 0) is 24.9 Å². The lowest BCUT2D eigenvalue weighted by atomic mass is 10.2. The molecule has 1 heterocycles. The van der Waals surface area contributed by atoms with E-state index in [4.69, 9.17) is 4.74 Å². The predicted octanol–water partition coefficient (Wildman–Crippen LogP) is 1.57. The minimum Gasteiger partial charge on any atom is -0.380 e. The van der Waals surface area contributed by atoms with Crippen molar-refractivity contribution in [2.45, 2.75) is 13.2 Å². The number of benzene rings is 1. The highest BCUT2D eigenvalue weighted by Crippen LogP contribution is 2.12. The molecule has 1 aromatic carbocycles. The van der Waals surface area contributed by atoms with Crippen LogP contribution in [0.15, 0.2) is 30.5 Å². The van der Waals surface area contributed by atoms with Crippen LogP contribution in [-0.4, -0.2) is 22.1 Å². The molecule has 0 atom stereocenters. The van der Waals surface area contributed by atoms with E-state index in [0.717, 1.165) is 16.9 Å². The van der Waals surface area contributed by atoms with Crippen LogP contribution < -0.4 is 5.32 Å². The van der Waals surface area contributed by atoms with E-state index in [1.807, 2.05) is 31.4 Å². The second-order valence-electron chi connectivity index (χ2n) is 3.87. The lowest BCUT2D eigenvalue weighted by Gasteiger charge is -2.06. The fourth-order valence-electron chi connectivity index (χ4n) is 1.61. The first-order valence-electron chi connectivity index (χ1n) is 5.45. The van der Waals surface area contributed by atoms with Gasteiger partial charge in [0.2, 0.25) is 0 Å². The molecule has 0 spiro atoms. The van der Waals surface area contributed by atoms with Crippen molar-refractivity contribution >= 4 is 5.69 Å². The van der Waals surface area contributed by atoms with Gasteiger partial charge in [-0.2, -0.15) is 0 Å². The maximum Gasteiger partial charge on any atom is 0.102 e. The molecule has 17 heavy (non-hydrogen) atoms. The van der Waals surface area contributed by atoms with E-state index in [1.54, 1.807) is 11.8 Å². The SMILES string of the molecule is COCc1cccc(NCc2cn(C)nn2)c1. The summed E-state index contributed by atoms with van der Waals surface area (Å²) in [7, 11) is 3.55. The van der Waals surface area contributed by atoms with Gasteiger partial charge < -0.3 is 10.1 Å². The number of hydrogen-bond donors (Lipinski definition) is 1. The Morgan fingerprint density at radius 1 is 1.41 bits per heavy atom. The van der Waals surface area contributed by atoms with Crippen molar-refractivity contribution in [3.05, 3.63) is 41.7 Å². The molecule has 0 aliphatic heterocycles. The summed E-state index contributed by atoms with van der Waals surface area (Å²) in [6.45, 7) is 1.30. The van der Waals surface area contributed by atoms with Gasteiger partial charge in [0, 0.05) is 26.0 Å². The van der Waals surface area contributed by atoms with E-state index < -0.39 is 0 Å². The quantitative estimate of drug-likeness (QED) is 0.850. The Labute approximate surface area is 100 Å². The highest BCUT2D eigenvalue weighted by molar-refractivity contribution is 5.45. The third-order valence-corrected chi connectivity index (χ3v) is 2.36. The normalized spacial score (nSPS) is 10.5. The van der Waals surface area contributed by atoms with Crippen LogP contribution in [0.4, 0.5) is 5.69 Å². The van der Waals surface area contributed by atoms with E-state index in [-0.39, 0.29) is 0 Å². The van der Waals surface area contributed by atoms with Gasteiger partial charge in [-0.25, -0.2) is 0 Å². The van der Waals surface area contributed by atoms with Gasteiger partial charge >= 0.3 is 0 Å². The lowest BCUT2D eigenvalue weighted by molar-refractivity contribution is 0.185. The average molecular weight is 232 g/mol. The van der Waals surface area contributed by atoms with Gasteiger partial charge in [-0.1, -0.05) is 17.3 Å². The number of nitrogens with one attached hydrogen (secondary N) is 1. The van der Waals surface area contributed by atoms with Crippen molar-refractivity contribution in [3.63, 3.8) is 0 Å². The molecule has 0 aliphatic rings. The molecule has 2 rings (SSSR count). The van der Waals surface area contributed by atoms with E-state index in [0.29, 0.717) is 13.2 Å². The average Bonchev–Trinajstić information content (AvgIpc) is 2.74. The molecule has 0 radical (unpaired) electrons. The summed E-state index contributed by atoms with van der Waals surface area (Å²) >= 11 is 0. The van der Waals surface area contributed by atoms with Crippen molar-refractivity contribution in [3.8, 4) is 0 Å². The highest BCUT2D eigenvalue weighted by Gasteiger charge is 1.99. The number of methoxy groups -OCH3 is 1. The number of rotatable bonds is 5. The molecule has 1 N–H and O–H groups in total. The summed E-state index contributed by atoms with van der Waals surface area (Å²) in [5.41, 5.74) is 3.13. The fourth-order valence-corrected chi connectivity index (χ4v) is 1.61. The number of aromatic nitrogens is 3. The first-order chi connectivity index (χ1) is 8.28. The summed E-state index contributed by atoms with van der Waals surface area (Å²) in [4.78, 5) is 0. The van der Waals surface area contributed by atoms with Gasteiger partial charge in [0.05, 0.1) is 13.2 Å². The molecule has 90 valence electrons. The molecule has 5 heteroatoms. The number of ether oxygens (including phenoxy) is 1. The van der Waals surface area contributed by atoms with Crippen molar-refractivity contribution in [1.82, 2.24) is 15.0 Å². The van der Waals surface area contributed by atoms with E-state index in [1.165, 1.54) is 0 Å². The molecule has 0 amide bonds. The lowest BCUT2D eigenvalue weighted by Crippen LogP contribution is -2.00. The number of hydrogen-bond acceptors (Lipinski definition) is 4. The van der Waals surface area contributed by atoms with Crippen LogP contribution in [0.5, 0.6) is 0 Å². The predicted molar refractivity (Wildman–Crippen MR) is 65.5 cm³/mol. The molecule has 0 aliphatic carbocycles. The zero-order valence-electron chi connectivity index (χ0n) is 10.1. The monoisotopic (exact) mass is 232 g/mol. The molecule has 0 unspecified atom stereocenters. The van der Waals surface area contributed by atoms with Gasteiger partial charge in [-0.05, 0) is 17.7 Å². The number of nitrogens with zero attached hydrogens (tertiary/aromatic N) is 3.